The number of aryl methyl sites for hydroxylation is 2. The Kier molecular flexibility index (Phi) is 5.17. The third-order valence-corrected chi connectivity index (χ3v) is 5.25. The maximum absolute atomic E-state index is 12.5. The summed E-state index contributed by atoms with van der Waals surface area (Å²) in [5, 5.41) is 12.3. The summed E-state index contributed by atoms with van der Waals surface area (Å²) in [7, 11) is 1.80. The highest BCUT2D eigenvalue weighted by molar-refractivity contribution is 5.89. The minimum Gasteiger partial charge on any atom is -0.490 e. The van der Waals surface area contributed by atoms with Crippen molar-refractivity contribution in [1.82, 2.24) is 24.9 Å². The fourth-order valence-corrected chi connectivity index (χ4v) is 3.59. The van der Waals surface area contributed by atoms with Gasteiger partial charge in [-0.15, -0.1) is 0 Å². The lowest BCUT2D eigenvalue weighted by Gasteiger charge is -2.20. The second-order valence-corrected chi connectivity index (χ2v) is 7.63. The second kappa shape index (κ2) is 7.66. The van der Waals surface area contributed by atoms with Crippen molar-refractivity contribution < 1.29 is 22.7 Å². The van der Waals surface area contributed by atoms with Crippen LogP contribution in [0.3, 0.4) is 0 Å². The maximum Gasteiger partial charge on any atom is 0.390 e. The van der Waals surface area contributed by atoms with E-state index >= 15 is 0 Å². The van der Waals surface area contributed by atoms with E-state index in [4.69, 9.17) is 4.74 Å². The molecule has 1 aliphatic heterocycles. The molecule has 0 aliphatic carbocycles. The topological polar surface area (TPSA) is 74.0 Å². The number of fused-ring (bicyclic) bond motifs is 1. The Morgan fingerprint density at radius 3 is 2.83 bits per heavy atom. The van der Waals surface area contributed by atoms with Gasteiger partial charge >= 0.3 is 6.18 Å². The van der Waals surface area contributed by atoms with E-state index in [1.54, 1.807) is 17.8 Å². The maximum atomic E-state index is 12.5. The van der Waals surface area contributed by atoms with Gasteiger partial charge in [0.1, 0.15) is 11.9 Å². The van der Waals surface area contributed by atoms with Crippen LogP contribution in [0, 0.1) is 5.92 Å². The van der Waals surface area contributed by atoms with Crippen LogP contribution in [0.2, 0.25) is 0 Å². The van der Waals surface area contributed by atoms with E-state index in [2.05, 4.69) is 15.5 Å². The quantitative estimate of drug-likeness (QED) is 0.663. The van der Waals surface area contributed by atoms with Crippen molar-refractivity contribution in [2.75, 3.05) is 6.54 Å². The average molecular weight is 421 g/mol. The predicted molar refractivity (Wildman–Crippen MR) is 104 cm³/mol. The zero-order valence-corrected chi connectivity index (χ0v) is 16.6. The molecule has 0 unspecified atom stereocenters. The van der Waals surface area contributed by atoms with Gasteiger partial charge in [-0.05, 0) is 25.1 Å². The number of amides is 1. The minimum absolute atomic E-state index is 0.0140. The minimum atomic E-state index is -4.23. The lowest BCUT2D eigenvalue weighted by Crippen LogP contribution is -2.25. The van der Waals surface area contributed by atoms with E-state index in [0.29, 0.717) is 35.5 Å². The fourth-order valence-electron chi connectivity index (χ4n) is 3.59. The van der Waals surface area contributed by atoms with Crippen molar-refractivity contribution in [3.05, 3.63) is 30.6 Å². The number of ether oxygens (including phenoxy) is 1. The Morgan fingerprint density at radius 1 is 1.33 bits per heavy atom. The summed E-state index contributed by atoms with van der Waals surface area (Å²) < 4.78 is 46.6. The first-order valence-corrected chi connectivity index (χ1v) is 9.69. The van der Waals surface area contributed by atoms with Gasteiger partial charge in [-0.1, -0.05) is 0 Å². The Bertz CT molecular complexity index is 1070. The molecule has 30 heavy (non-hydrogen) atoms. The molecule has 3 heterocycles. The van der Waals surface area contributed by atoms with Crippen molar-refractivity contribution >= 4 is 16.8 Å². The van der Waals surface area contributed by atoms with E-state index in [9.17, 15) is 18.0 Å². The Labute approximate surface area is 170 Å². The standard InChI is InChI=1S/C20H22F3N5O2/c1-12(14-9-19(29)24-10-14)30-18-8-13(7-17-15(18)11-27(2)25-17)16-3-5-28(26-16)6-4-20(21,22)23/h3,5,7-8,11-12,14H,4,6,9-10H2,1-2H3,(H,24,29)/t12-,14-/m1/s1. The highest BCUT2D eigenvalue weighted by atomic mass is 19.4. The fraction of sp³-hybridized carbons (Fsp3) is 0.450. The third-order valence-electron chi connectivity index (χ3n) is 5.25. The van der Waals surface area contributed by atoms with Gasteiger partial charge in [0, 0.05) is 50.4 Å². The molecular weight excluding hydrogens is 399 g/mol. The predicted octanol–water partition coefficient (Wildman–Crippen LogP) is 3.29. The van der Waals surface area contributed by atoms with Crippen molar-refractivity contribution in [2.24, 2.45) is 13.0 Å². The number of hydrogen-bond acceptors (Lipinski definition) is 4. The summed E-state index contributed by atoms with van der Waals surface area (Å²) in [4.78, 5) is 11.5. The van der Waals surface area contributed by atoms with Gasteiger partial charge in [-0.25, -0.2) is 0 Å². The van der Waals surface area contributed by atoms with Gasteiger partial charge in [0.05, 0.1) is 23.0 Å². The van der Waals surface area contributed by atoms with Gasteiger partial charge < -0.3 is 10.1 Å². The summed E-state index contributed by atoms with van der Waals surface area (Å²) >= 11 is 0. The Hall–Kier alpha value is -3.04. The van der Waals surface area contributed by atoms with Crippen LogP contribution in [0.5, 0.6) is 5.75 Å². The number of hydrogen-bond donors (Lipinski definition) is 1. The molecule has 0 bridgehead atoms. The first kappa shape index (κ1) is 20.2. The molecule has 10 heteroatoms. The zero-order valence-electron chi connectivity index (χ0n) is 16.6. The van der Waals surface area contributed by atoms with Crippen LogP contribution in [-0.2, 0) is 18.4 Å². The molecule has 1 N–H and O–H groups in total. The molecule has 1 saturated heterocycles. The number of alkyl halides is 3. The number of nitrogens with zero attached hydrogens (tertiary/aromatic N) is 4. The number of carbonyl (C=O) groups excluding carboxylic acids is 1. The van der Waals surface area contributed by atoms with Gasteiger partial charge in [-0.3, -0.25) is 14.2 Å². The first-order chi connectivity index (χ1) is 14.2. The van der Waals surface area contributed by atoms with Crippen molar-refractivity contribution in [2.45, 2.75) is 38.6 Å². The lowest BCUT2D eigenvalue weighted by atomic mass is 10.0. The summed E-state index contributed by atoms with van der Waals surface area (Å²) in [6.45, 7) is 2.25. The molecule has 1 aromatic carbocycles. The molecule has 0 spiro atoms. The van der Waals surface area contributed by atoms with Gasteiger partial charge in [0.15, 0.2) is 0 Å². The van der Waals surface area contributed by atoms with Crippen molar-refractivity contribution in [3.8, 4) is 17.0 Å². The van der Waals surface area contributed by atoms with E-state index in [-0.39, 0.29) is 24.5 Å². The number of halogens is 3. The molecule has 0 saturated carbocycles. The van der Waals surface area contributed by atoms with Crippen LogP contribution in [0.4, 0.5) is 13.2 Å². The Balaban J connectivity index is 1.62. The number of benzene rings is 1. The first-order valence-electron chi connectivity index (χ1n) is 9.69. The van der Waals surface area contributed by atoms with Gasteiger partial charge in [-0.2, -0.15) is 23.4 Å². The summed E-state index contributed by atoms with van der Waals surface area (Å²) in [6, 6.07) is 5.33. The molecular formula is C20H22F3N5O2. The third kappa shape index (κ3) is 4.42. The summed E-state index contributed by atoms with van der Waals surface area (Å²) in [5.74, 6) is 0.682. The molecule has 4 rings (SSSR count). The van der Waals surface area contributed by atoms with E-state index in [0.717, 1.165) is 5.39 Å². The molecule has 2 atom stereocenters. The van der Waals surface area contributed by atoms with E-state index < -0.39 is 12.6 Å². The molecule has 1 fully saturated rings. The van der Waals surface area contributed by atoms with E-state index in [1.807, 2.05) is 25.3 Å². The number of nitrogens with one attached hydrogen (secondary N) is 1. The lowest BCUT2D eigenvalue weighted by molar-refractivity contribution is -0.137. The molecule has 160 valence electrons. The highest BCUT2D eigenvalue weighted by Crippen LogP contribution is 2.33. The molecule has 1 amide bonds. The number of rotatable bonds is 6. The van der Waals surface area contributed by atoms with Crippen LogP contribution in [0.15, 0.2) is 30.6 Å². The number of carbonyl (C=O) groups is 1. The molecule has 7 nitrogen and oxygen atoms in total. The molecule has 2 aromatic heterocycles. The smallest absolute Gasteiger partial charge is 0.390 e. The van der Waals surface area contributed by atoms with Crippen LogP contribution in [0.25, 0.3) is 22.2 Å². The summed E-state index contributed by atoms with van der Waals surface area (Å²) in [5.41, 5.74) is 1.94. The Morgan fingerprint density at radius 2 is 2.13 bits per heavy atom. The number of aromatic nitrogens is 4. The highest BCUT2D eigenvalue weighted by Gasteiger charge is 2.29. The molecule has 1 aliphatic rings. The largest absolute Gasteiger partial charge is 0.490 e. The van der Waals surface area contributed by atoms with Gasteiger partial charge in [0.25, 0.3) is 0 Å². The normalized spacial score (nSPS) is 18.0. The van der Waals surface area contributed by atoms with Crippen LogP contribution < -0.4 is 10.1 Å². The molecule has 0 radical (unpaired) electrons. The van der Waals surface area contributed by atoms with Crippen molar-refractivity contribution in [1.29, 1.82) is 0 Å². The van der Waals surface area contributed by atoms with Crippen LogP contribution in [0.1, 0.15) is 19.8 Å². The average Bonchev–Trinajstić information content (AvgIpc) is 3.38. The summed E-state index contributed by atoms with van der Waals surface area (Å²) in [6.07, 6.45) is -1.57. The van der Waals surface area contributed by atoms with Crippen molar-refractivity contribution in [3.63, 3.8) is 0 Å². The van der Waals surface area contributed by atoms with Crippen LogP contribution in [-0.4, -0.2) is 44.3 Å². The monoisotopic (exact) mass is 421 g/mol. The SMILES string of the molecule is C[C@@H](Oc1cc(-c2ccn(CCC(F)(F)F)n2)cc2nn(C)cc12)[C@H]1CNC(=O)C1. The molecule has 3 aromatic rings. The second-order valence-electron chi connectivity index (χ2n) is 7.63. The van der Waals surface area contributed by atoms with Gasteiger partial charge in [0.2, 0.25) is 5.91 Å². The van der Waals surface area contributed by atoms with E-state index in [1.165, 1.54) is 10.9 Å². The zero-order chi connectivity index (χ0) is 21.5. The van der Waals surface area contributed by atoms with Crippen LogP contribution >= 0.6 is 0 Å².